The smallest absolute Gasteiger partial charge is 0.0739 e. The SMILES string of the molecule is CCCCC[NH3+].[OH-]. The highest BCUT2D eigenvalue weighted by molar-refractivity contribution is 4.29. The van der Waals surface area contributed by atoms with E-state index in [9.17, 15) is 0 Å². The highest BCUT2D eigenvalue weighted by atomic mass is 16.0. The Hall–Kier alpha value is -0.0800. The third-order valence-electron chi connectivity index (χ3n) is 0.854. The number of rotatable bonds is 3. The molecule has 2 nitrogen and oxygen atoms in total. The van der Waals surface area contributed by atoms with Crippen LogP contribution in [-0.4, -0.2) is 12.0 Å². The van der Waals surface area contributed by atoms with Gasteiger partial charge in [-0.05, 0) is 12.8 Å². The van der Waals surface area contributed by atoms with Gasteiger partial charge in [-0.1, -0.05) is 13.3 Å². The van der Waals surface area contributed by atoms with Gasteiger partial charge < -0.3 is 11.2 Å². The molecule has 0 aromatic carbocycles. The largest absolute Gasteiger partial charge is 0.870 e. The highest BCUT2D eigenvalue weighted by Gasteiger charge is 1.77. The molecule has 0 aliphatic rings. The summed E-state index contributed by atoms with van der Waals surface area (Å²) < 4.78 is 0. The van der Waals surface area contributed by atoms with Gasteiger partial charge in [-0.3, -0.25) is 0 Å². The molecular weight excluding hydrogens is 90.1 g/mol. The van der Waals surface area contributed by atoms with Crippen LogP contribution < -0.4 is 5.73 Å². The van der Waals surface area contributed by atoms with Crippen molar-refractivity contribution < 1.29 is 11.2 Å². The predicted octanol–water partition coefficient (Wildman–Crippen LogP) is 0.242. The van der Waals surface area contributed by atoms with Gasteiger partial charge in [-0.25, -0.2) is 0 Å². The van der Waals surface area contributed by atoms with E-state index < -0.39 is 0 Å². The summed E-state index contributed by atoms with van der Waals surface area (Å²) in [5, 5.41) is 0. The molecule has 0 fully saturated rings. The molecular formula is C5H15NO. The first-order valence-electron chi connectivity index (χ1n) is 2.71. The van der Waals surface area contributed by atoms with E-state index in [4.69, 9.17) is 0 Å². The molecule has 0 saturated heterocycles. The molecule has 0 radical (unpaired) electrons. The molecule has 0 aromatic rings. The van der Waals surface area contributed by atoms with Gasteiger partial charge in [-0.2, -0.15) is 0 Å². The molecule has 4 N–H and O–H groups in total. The Morgan fingerprint density at radius 1 is 1.29 bits per heavy atom. The van der Waals surface area contributed by atoms with Crippen molar-refractivity contribution in [2.45, 2.75) is 26.2 Å². The summed E-state index contributed by atoms with van der Waals surface area (Å²) in [5.74, 6) is 0. The average molecular weight is 105 g/mol. The summed E-state index contributed by atoms with van der Waals surface area (Å²) in [4.78, 5) is 0. The van der Waals surface area contributed by atoms with E-state index in [1.807, 2.05) is 0 Å². The molecule has 2 heteroatoms. The molecule has 0 bridgehead atoms. The van der Waals surface area contributed by atoms with Gasteiger partial charge in [0.15, 0.2) is 0 Å². The molecule has 0 spiro atoms. The Kier molecular flexibility index (Phi) is 13.3. The molecule has 7 heavy (non-hydrogen) atoms. The summed E-state index contributed by atoms with van der Waals surface area (Å²) >= 11 is 0. The van der Waals surface area contributed by atoms with E-state index in [1.54, 1.807) is 0 Å². The van der Waals surface area contributed by atoms with Crippen LogP contribution in [0.5, 0.6) is 0 Å². The zero-order valence-electron chi connectivity index (χ0n) is 4.98. The standard InChI is InChI=1S/C5H13N.H2O/c1-2-3-4-5-6;/h2-6H2,1H3;1H2. The van der Waals surface area contributed by atoms with E-state index >= 15 is 0 Å². The molecule has 0 atom stereocenters. The van der Waals surface area contributed by atoms with Crippen molar-refractivity contribution in [3.63, 3.8) is 0 Å². The topological polar surface area (TPSA) is 57.6 Å². The van der Waals surface area contributed by atoms with E-state index in [2.05, 4.69) is 12.7 Å². The van der Waals surface area contributed by atoms with E-state index in [0.717, 1.165) is 6.54 Å². The van der Waals surface area contributed by atoms with Crippen molar-refractivity contribution >= 4 is 0 Å². The molecule has 0 unspecified atom stereocenters. The third kappa shape index (κ3) is 10.7. The van der Waals surface area contributed by atoms with Gasteiger partial charge in [-0.15, -0.1) is 0 Å². The maximum Gasteiger partial charge on any atom is 0.0739 e. The summed E-state index contributed by atoms with van der Waals surface area (Å²) in [7, 11) is 0. The molecule has 0 rings (SSSR count). The minimum Gasteiger partial charge on any atom is -0.870 e. The monoisotopic (exact) mass is 105 g/mol. The Balaban J connectivity index is 0. The molecule has 46 valence electrons. The van der Waals surface area contributed by atoms with E-state index in [1.165, 1.54) is 19.3 Å². The predicted molar refractivity (Wildman–Crippen MR) is 29.2 cm³/mol. The molecule has 0 heterocycles. The van der Waals surface area contributed by atoms with Crippen molar-refractivity contribution in [2.24, 2.45) is 0 Å². The zero-order valence-corrected chi connectivity index (χ0v) is 4.98. The van der Waals surface area contributed by atoms with Crippen LogP contribution in [0.4, 0.5) is 0 Å². The quantitative estimate of drug-likeness (QED) is 0.513. The van der Waals surface area contributed by atoms with E-state index in [-0.39, 0.29) is 5.48 Å². The lowest BCUT2D eigenvalue weighted by molar-refractivity contribution is -0.368. The highest BCUT2D eigenvalue weighted by Crippen LogP contribution is 1.87. The van der Waals surface area contributed by atoms with Crippen molar-refractivity contribution in [1.82, 2.24) is 0 Å². The van der Waals surface area contributed by atoms with Crippen LogP contribution >= 0.6 is 0 Å². The molecule has 0 aromatic heterocycles. The first-order chi connectivity index (χ1) is 2.91. The lowest BCUT2D eigenvalue weighted by Gasteiger charge is -1.84. The second kappa shape index (κ2) is 9.33. The Morgan fingerprint density at radius 2 is 1.86 bits per heavy atom. The number of unbranched alkanes of at least 4 members (excludes halogenated alkanes) is 2. The fourth-order valence-electron chi connectivity index (χ4n) is 0.427. The van der Waals surface area contributed by atoms with Crippen LogP contribution in [0, 0.1) is 0 Å². The lowest BCUT2D eigenvalue weighted by Crippen LogP contribution is -2.49. The lowest BCUT2D eigenvalue weighted by atomic mass is 10.3. The van der Waals surface area contributed by atoms with E-state index in [0.29, 0.717) is 0 Å². The van der Waals surface area contributed by atoms with Crippen LogP contribution in [0.25, 0.3) is 0 Å². The number of quaternary nitrogens is 1. The van der Waals surface area contributed by atoms with Crippen molar-refractivity contribution in [2.75, 3.05) is 6.54 Å². The van der Waals surface area contributed by atoms with Gasteiger partial charge in [0, 0.05) is 0 Å². The van der Waals surface area contributed by atoms with Gasteiger partial charge in [0.1, 0.15) is 0 Å². The first kappa shape index (κ1) is 10.0. The summed E-state index contributed by atoms with van der Waals surface area (Å²) in [6, 6.07) is 0. The molecule has 0 saturated carbocycles. The number of hydrogen-bond donors (Lipinski definition) is 1. The molecule has 0 amide bonds. The molecule has 0 aliphatic heterocycles. The maximum atomic E-state index is 3.72. The van der Waals surface area contributed by atoms with Gasteiger partial charge in [0.05, 0.1) is 6.54 Å². The van der Waals surface area contributed by atoms with Crippen LogP contribution in [0.2, 0.25) is 0 Å². The van der Waals surface area contributed by atoms with Crippen molar-refractivity contribution in [1.29, 1.82) is 0 Å². The second-order valence-electron chi connectivity index (χ2n) is 1.56. The zero-order chi connectivity index (χ0) is 4.83. The van der Waals surface area contributed by atoms with Crippen molar-refractivity contribution in [3.8, 4) is 0 Å². The van der Waals surface area contributed by atoms with Crippen LogP contribution in [-0.2, 0) is 0 Å². The van der Waals surface area contributed by atoms with Gasteiger partial charge in [0.2, 0.25) is 0 Å². The first-order valence-corrected chi connectivity index (χ1v) is 2.71. The average Bonchev–Trinajstić information content (AvgIpc) is 1.61. The normalized spacial score (nSPS) is 7.71. The van der Waals surface area contributed by atoms with Gasteiger partial charge >= 0.3 is 0 Å². The second-order valence-corrected chi connectivity index (χ2v) is 1.56. The summed E-state index contributed by atoms with van der Waals surface area (Å²) in [6.45, 7) is 3.31. The summed E-state index contributed by atoms with van der Waals surface area (Å²) in [6.07, 6.45) is 3.97. The maximum absolute atomic E-state index is 3.72. The Bertz CT molecular complexity index is 20.0. The Labute approximate surface area is 45.0 Å². The fourth-order valence-corrected chi connectivity index (χ4v) is 0.427. The van der Waals surface area contributed by atoms with Gasteiger partial charge in [0.25, 0.3) is 0 Å². The minimum atomic E-state index is 0. The Morgan fingerprint density at radius 3 is 2.00 bits per heavy atom. The molecule has 0 aliphatic carbocycles. The minimum absolute atomic E-state index is 0. The third-order valence-corrected chi connectivity index (χ3v) is 0.854. The number of hydrogen-bond acceptors (Lipinski definition) is 1. The van der Waals surface area contributed by atoms with Crippen LogP contribution in [0.3, 0.4) is 0 Å². The summed E-state index contributed by atoms with van der Waals surface area (Å²) in [5.41, 5.74) is 3.72. The fraction of sp³-hybridized carbons (Fsp3) is 1.00. The van der Waals surface area contributed by atoms with Crippen LogP contribution in [0.15, 0.2) is 0 Å². The van der Waals surface area contributed by atoms with Crippen LogP contribution in [0.1, 0.15) is 26.2 Å². The van der Waals surface area contributed by atoms with Crippen molar-refractivity contribution in [3.05, 3.63) is 0 Å².